The van der Waals surface area contributed by atoms with Crippen molar-refractivity contribution in [1.82, 2.24) is 5.32 Å². The molecule has 0 aliphatic rings. The van der Waals surface area contributed by atoms with Crippen LogP contribution in [0.4, 0.5) is 0 Å². The molecule has 128 valence electrons. The normalized spacial score (nSPS) is 13.2. The smallest absolute Gasteiger partial charge is 0.258 e. The zero-order valence-corrected chi connectivity index (χ0v) is 14.2. The molecule has 0 saturated heterocycles. The number of rotatable bonds is 6. The van der Waals surface area contributed by atoms with E-state index in [9.17, 15) is 15.0 Å². The molecule has 0 saturated carbocycles. The van der Waals surface area contributed by atoms with Crippen LogP contribution in [-0.2, 0) is 4.79 Å². The number of carbonyl (C=O) groups is 1. The molecule has 1 amide bonds. The molecule has 0 unspecified atom stereocenters. The minimum atomic E-state index is -0.882. The highest BCUT2D eigenvalue weighted by molar-refractivity contribution is 6.31. The van der Waals surface area contributed by atoms with E-state index in [1.54, 1.807) is 37.3 Å². The lowest BCUT2D eigenvalue weighted by molar-refractivity contribution is -0.124. The zero-order valence-electron chi connectivity index (χ0n) is 13.5. The number of hydrogen-bond donors (Lipinski definition) is 3. The standard InChI is InChI=1S/C18H20ClNO4/c1-11-9-15(7-8-16(11)19)24-10-17(22)20-12(2)18(23)13-3-5-14(21)6-4-13/h3-9,12,18,21,23H,10H2,1-2H3,(H,20,22)/t12-,18-/m1/s1. The maximum atomic E-state index is 12.0. The number of ether oxygens (including phenoxy) is 1. The maximum Gasteiger partial charge on any atom is 0.258 e. The number of phenols is 1. The second kappa shape index (κ2) is 8.04. The molecule has 0 aliphatic heterocycles. The van der Waals surface area contributed by atoms with Crippen LogP contribution < -0.4 is 10.1 Å². The third-order valence-electron chi connectivity index (χ3n) is 3.60. The van der Waals surface area contributed by atoms with Crippen molar-refractivity contribution in [2.75, 3.05) is 6.61 Å². The van der Waals surface area contributed by atoms with Crippen molar-refractivity contribution in [2.24, 2.45) is 0 Å². The van der Waals surface area contributed by atoms with E-state index in [0.29, 0.717) is 16.3 Å². The first-order chi connectivity index (χ1) is 11.4. The van der Waals surface area contributed by atoms with Crippen molar-refractivity contribution in [3.05, 3.63) is 58.6 Å². The number of carbonyl (C=O) groups excluding carboxylic acids is 1. The summed E-state index contributed by atoms with van der Waals surface area (Å²) in [5.41, 5.74) is 1.47. The second-order valence-corrected chi connectivity index (χ2v) is 6.00. The van der Waals surface area contributed by atoms with E-state index >= 15 is 0 Å². The van der Waals surface area contributed by atoms with Crippen molar-refractivity contribution in [2.45, 2.75) is 26.0 Å². The molecule has 0 spiro atoms. The molecule has 0 aliphatic carbocycles. The van der Waals surface area contributed by atoms with E-state index in [1.165, 1.54) is 12.1 Å². The predicted molar refractivity (Wildman–Crippen MR) is 92.4 cm³/mol. The third-order valence-corrected chi connectivity index (χ3v) is 4.02. The summed E-state index contributed by atoms with van der Waals surface area (Å²) in [6.45, 7) is 3.39. The molecule has 24 heavy (non-hydrogen) atoms. The van der Waals surface area contributed by atoms with E-state index in [0.717, 1.165) is 5.56 Å². The summed E-state index contributed by atoms with van der Waals surface area (Å²) < 4.78 is 5.42. The van der Waals surface area contributed by atoms with E-state index < -0.39 is 12.1 Å². The van der Waals surface area contributed by atoms with Gasteiger partial charge >= 0.3 is 0 Å². The van der Waals surface area contributed by atoms with Crippen molar-refractivity contribution in [1.29, 1.82) is 0 Å². The van der Waals surface area contributed by atoms with Gasteiger partial charge in [0, 0.05) is 5.02 Å². The van der Waals surface area contributed by atoms with Gasteiger partial charge in [-0.2, -0.15) is 0 Å². The Morgan fingerprint density at radius 2 is 1.92 bits per heavy atom. The van der Waals surface area contributed by atoms with Gasteiger partial charge in [-0.15, -0.1) is 0 Å². The molecule has 2 rings (SSSR count). The molecule has 5 nitrogen and oxygen atoms in total. The molecule has 0 fully saturated rings. The number of amides is 1. The number of hydrogen-bond acceptors (Lipinski definition) is 4. The summed E-state index contributed by atoms with van der Waals surface area (Å²) in [7, 11) is 0. The van der Waals surface area contributed by atoms with Crippen LogP contribution in [0.25, 0.3) is 0 Å². The van der Waals surface area contributed by atoms with Gasteiger partial charge in [-0.25, -0.2) is 0 Å². The molecule has 0 radical (unpaired) electrons. The Kier molecular flexibility index (Phi) is 6.06. The fourth-order valence-corrected chi connectivity index (χ4v) is 2.31. The first-order valence-electron chi connectivity index (χ1n) is 7.52. The lowest BCUT2D eigenvalue weighted by Gasteiger charge is -2.20. The van der Waals surface area contributed by atoms with E-state index in [2.05, 4.69) is 5.32 Å². The van der Waals surface area contributed by atoms with Crippen LogP contribution in [-0.4, -0.2) is 28.8 Å². The Labute approximate surface area is 145 Å². The monoisotopic (exact) mass is 349 g/mol. The largest absolute Gasteiger partial charge is 0.508 e. The first-order valence-corrected chi connectivity index (χ1v) is 7.90. The Hall–Kier alpha value is -2.24. The quantitative estimate of drug-likeness (QED) is 0.749. The Morgan fingerprint density at radius 1 is 1.25 bits per heavy atom. The molecule has 2 atom stereocenters. The van der Waals surface area contributed by atoms with Gasteiger partial charge in [-0.1, -0.05) is 23.7 Å². The molecule has 6 heteroatoms. The van der Waals surface area contributed by atoms with Crippen LogP contribution in [0.3, 0.4) is 0 Å². The van der Waals surface area contributed by atoms with E-state index in [4.69, 9.17) is 16.3 Å². The number of aliphatic hydroxyl groups is 1. The molecule has 3 N–H and O–H groups in total. The average Bonchev–Trinajstić information content (AvgIpc) is 2.56. The lowest BCUT2D eigenvalue weighted by Crippen LogP contribution is -2.39. The summed E-state index contributed by atoms with van der Waals surface area (Å²) >= 11 is 5.94. The topological polar surface area (TPSA) is 78.8 Å². The molecule has 0 heterocycles. The van der Waals surface area contributed by atoms with Crippen LogP contribution >= 0.6 is 11.6 Å². The summed E-state index contributed by atoms with van der Waals surface area (Å²) in [6.07, 6.45) is -0.882. The van der Waals surface area contributed by atoms with Crippen LogP contribution in [0.15, 0.2) is 42.5 Å². The number of benzene rings is 2. The minimum absolute atomic E-state index is 0.120. The SMILES string of the molecule is Cc1cc(OCC(=O)N[C@H](C)[C@@H](O)c2ccc(O)cc2)ccc1Cl. The van der Waals surface area contributed by atoms with Crippen LogP contribution in [0.5, 0.6) is 11.5 Å². The Balaban J connectivity index is 1.86. The highest BCUT2D eigenvalue weighted by Gasteiger charge is 2.18. The van der Waals surface area contributed by atoms with Crippen LogP contribution in [0.2, 0.25) is 5.02 Å². The van der Waals surface area contributed by atoms with Gasteiger partial charge in [0.2, 0.25) is 0 Å². The highest BCUT2D eigenvalue weighted by atomic mass is 35.5. The fraction of sp³-hybridized carbons (Fsp3) is 0.278. The molecule has 0 aromatic heterocycles. The lowest BCUT2D eigenvalue weighted by atomic mass is 10.0. The zero-order chi connectivity index (χ0) is 17.7. The molecular formula is C18H20ClNO4. The number of halogens is 1. The summed E-state index contributed by atoms with van der Waals surface area (Å²) in [5.74, 6) is 0.334. The van der Waals surface area contributed by atoms with Crippen molar-refractivity contribution in [3.8, 4) is 11.5 Å². The van der Waals surface area contributed by atoms with Gasteiger partial charge in [0.05, 0.1) is 12.1 Å². The highest BCUT2D eigenvalue weighted by Crippen LogP contribution is 2.21. The Bertz CT molecular complexity index is 703. The third kappa shape index (κ3) is 4.88. The van der Waals surface area contributed by atoms with Gasteiger partial charge in [0.25, 0.3) is 5.91 Å². The van der Waals surface area contributed by atoms with Crippen molar-refractivity contribution < 1.29 is 19.7 Å². The van der Waals surface area contributed by atoms with Gasteiger partial charge in [0.15, 0.2) is 6.61 Å². The summed E-state index contributed by atoms with van der Waals surface area (Å²) in [5, 5.41) is 22.8. The van der Waals surface area contributed by atoms with E-state index in [-0.39, 0.29) is 18.3 Å². The number of aliphatic hydroxyl groups excluding tert-OH is 1. The van der Waals surface area contributed by atoms with Gasteiger partial charge in [0.1, 0.15) is 11.5 Å². The van der Waals surface area contributed by atoms with Gasteiger partial charge in [-0.3, -0.25) is 4.79 Å². The van der Waals surface area contributed by atoms with Gasteiger partial charge < -0.3 is 20.3 Å². The Morgan fingerprint density at radius 3 is 2.54 bits per heavy atom. The second-order valence-electron chi connectivity index (χ2n) is 5.59. The van der Waals surface area contributed by atoms with Crippen molar-refractivity contribution in [3.63, 3.8) is 0 Å². The summed E-state index contributed by atoms with van der Waals surface area (Å²) in [4.78, 5) is 12.0. The first kappa shape index (κ1) is 18.1. The number of aromatic hydroxyl groups is 1. The predicted octanol–water partition coefficient (Wildman–Crippen LogP) is 2.97. The molecule has 2 aromatic rings. The minimum Gasteiger partial charge on any atom is -0.508 e. The van der Waals surface area contributed by atoms with E-state index in [1.807, 2.05) is 6.92 Å². The number of aryl methyl sites for hydroxylation is 1. The van der Waals surface area contributed by atoms with Crippen LogP contribution in [0, 0.1) is 6.92 Å². The average molecular weight is 350 g/mol. The van der Waals surface area contributed by atoms with Crippen LogP contribution in [0.1, 0.15) is 24.2 Å². The molecule has 0 bridgehead atoms. The molecular weight excluding hydrogens is 330 g/mol. The van der Waals surface area contributed by atoms with Gasteiger partial charge in [-0.05, 0) is 55.3 Å². The number of nitrogens with one attached hydrogen (secondary N) is 1. The van der Waals surface area contributed by atoms with Crippen molar-refractivity contribution >= 4 is 17.5 Å². The maximum absolute atomic E-state index is 12.0. The molecule has 2 aromatic carbocycles. The fourth-order valence-electron chi connectivity index (χ4n) is 2.19. The summed E-state index contributed by atoms with van der Waals surface area (Å²) in [6, 6.07) is 10.8. The number of phenolic OH excluding ortho intramolecular Hbond substituents is 1.